The molecular formula is C67H56BN7. The number of benzene rings is 8. The average molecular weight is 970 g/mol. The van der Waals surface area contributed by atoms with Crippen LogP contribution in [0.4, 0.5) is 68.8 Å². The molecule has 362 valence electrons. The number of nitrogens with zero attached hydrogens (tertiary/aromatic N) is 7. The molecule has 0 unspecified atom stereocenters. The van der Waals surface area contributed by atoms with E-state index in [2.05, 4.69) is 280 Å². The van der Waals surface area contributed by atoms with Gasteiger partial charge in [-0.15, -0.1) is 0 Å². The van der Waals surface area contributed by atoms with Crippen molar-refractivity contribution >= 4 is 113 Å². The van der Waals surface area contributed by atoms with Gasteiger partial charge < -0.3 is 0 Å². The highest BCUT2D eigenvalue weighted by Crippen LogP contribution is 2.47. The SMILES string of the molecule is CC(C)(C)c1ccc(N(c2ccc3c(n2)N(c2ccccc2)c2cncc4c2B3c2ccc(N(c3ccc(C(C)(C)C)cc3)c3cccc5ccccc35)nc2N4c2ccccc2)c2cccc3ccccc23)cc1. The van der Waals surface area contributed by atoms with Gasteiger partial charge in [0.2, 0.25) is 0 Å². The first-order valence-corrected chi connectivity index (χ1v) is 26.0. The minimum atomic E-state index is -0.236. The predicted octanol–water partition coefficient (Wildman–Crippen LogP) is 15.8. The van der Waals surface area contributed by atoms with Crippen LogP contribution in [0.1, 0.15) is 52.7 Å². The van der Waals surface area contributed by atoms with E-state index in [4.69, 9.17) is 15.0 Å². The number of fused-ring (bicyclic) bond motifs is 6. The number of aromatic nitrogens is 3. The Balaban J connectivity index is 1.05. The van der Waals surface area contributed by atoms with Gasteiger partial charge in [-0.25, -0.2) is 9.97 Å². The Hall–Kier alpha value is -9.01. The van der Waals surface area contributed by atoms with Crippen LogP contribution in [0, 0.1) is 0 Å². The van der Waals surface area contributed by atoms with Crippen LogP contribution in [0.15, 0.2) is 231 Å². The van der Waals surface area contributed by atoms with Gasteiger partial charge in [0, 0.05) is 33.5 Å². The van der Waals surface area contributed by atoms with Crippen LogP contribution in [0.25, 0.3) is 21.5 Å². The average Bonchev–Trinajstić information content (AvgIpc) is 3.48. The second kappa shape index (κ2) is 17.9. The normalized spacial score (nSPS) is 12.9. The fourth-order valence-electron chi connectivity index (χ4n) is 11.3. The van der Waals surface area contributed by atoms with Crippen molar-refractivity contribution < 1.29 is 0 Å². The van der Waals surface area contributed by atoms with Crippen molar-refractivity contribution in [2.45, 2.75) is 52.4 Å². The van der Waals surface area contributed by atoms with Gasteiger partial charge in [0.1, 0.15) is 23.3 Å². The Morgan fingerprint density at radius 3 is 1.19 bits per heavy atom. The molecule has 13 rings (SSSR count). The van der Waals surface area contributed by atoms with Gasteiger partial charge in [0.15, 0.2) is 0 Å². The molecular weight excluding hydrogens is 914 g/mol. The summed E-state index contributed by atoms with van der Waals surface area (Å²) in [6.07, 6.45) is 4.03. The quantitative estimate of drug-likeness (QED) is 0.141. The molecule has 2 aliphatic heterocycles. The standard InChI is InChI=1S/C67H56BN7/c1-66(2,3)47-31-35-51(36-32-47)72(57-29-17-21-45-19-13-15-27-53(45)57)61-41-39-55-64(70-61)74(49-23-9-7-10-24-49)59-43-69-44-60-63(59)68(55)56-40-42-62(71-65(56)75(60)50-25-11-8-12-26-50)73(52-37-33-48(34-38-52)67(4,5)6)58-30-18-22-46-20-14-16-28-54(46)58/h7-44H,1-6H3. The van der Waals surface area contributed by atoms with Crippen LogP contribution in [-0.4, -0.2) is 21.7 Å². The Kier molecular flexibility index (Phi) is 10.9. The predicted molar refractivity (Wildman–Crippen MR) is 316 cm³/mol. The van der Waals surface area contributed by atoms with E-state index < -0.39 is 0 Å². The summed E-state index contributed by atoms with van der Waals surface area (Å²) in [6, 6.07) is 78.5. The van der Waals surface area contributed by atoms with E-state index in [-0.39, 0.29) is 17.5 Å². The molecule has 0 N–H and O–H groups in total. The van der Waals surface area contributed by atoms with Crippen molar-refractivity contribution in [1.82, 2.24) is 15.0 Å². The minimum Gasteiger partial charge on any atom is -0.294 e. The van der Waals surface area contributed by atoms with Gasteiger partial charge in [-0.3, -0.25) is 24.6 Å². The third-order valence-corrected chi connectivity index (χ3v) is 15.0. The van der Waals surface area contributed by atoms with E-state index in [1.165, 1.54) is 11.1 Å². The molecule has 0 saturated carbocycles. The summed E-state index contributed by atoms with van der Waals surface area (Å²) in [5, 5.41) is 4.62. The van der Waals surface area contributed by atoms with E-state index in [0.29, 0.717) is 0 Å². The first kappa shape index (κ1) is 45.8. The lowest BCUT2D eigenvalue weighted by Crippen LogP contribution is -2.62. The highest BCUT2D eigenvalue weighted by Gasteiger charge is 2.45. The minimum absolute atomic E-state index is 0.00273. The molecule has 11 aromatic rings. The highest BCUT2D eigenvalue weighted by molar-refractivity contribution is 7.00. The molecule has 0 saturated heterocycles. The Morgan fingerprint density at radius 1 is 0.387 bits per heavy atom. The summed E-state index contributed by atoms with van der Waals surface area (Å²) in [6.45, 7) is 13.3. The van der Waals surface area contributed by atoms with Gasteiger partial charge in [-0.1, -0.05) is 187 Å². The number of rotatable bonds is 8. The van der Waals surface area contributed by atoms with Crippen LogP contribution >= 0.6 is 0 Å². The Bertz CT molecular complexity index is 3680. The Labute approximate surface area is 440 Å². The number of anilines is 12. The molecule has 0 spiro atoms. The first-order valence-electron chi connectivity index (χ1n) is 26.0. The second-order valence-corrected chi connectivity index (χ2v) is 21.8. The van der Waals surface area contributed by atoms with Crippen molar-refractivity contribution in [2.75, 3.05) is 19.6 Å². The molecule has 75 heavy (non-hydrogen) atoms. The zero-order valence-corrected chi connectivity index (χ0v) is 43.1. The molecule has 0 radical (unpaired) electrons. The third-order valence-electron chi connectivity index (χ3n) is 15.0. The molecule has 3 aromatic heterocycles. The summed E-state index contributed by atoms with van der Waals surface area (Å²) in [5.74, 6) is 3.29. The molecule has 8 heteroatoms. The lowest BCUT2D eigenvalue weighted by molar-refractivity contribution is 0.590. The number of pyridine rings is 3. The number of para-hydroxylation sites is 2. The number of hydrogen-bond acceptors (Lipinski definition) is 7. The lowest BCUT2D eigenvalue weighted by atomic mass is 9.34. The smallest absolute Gasteiger partial charge is 0.256 e. The largest absolute Gasteiger partial charge is 0.294 e. The molecule has 8 aromatic carbocycles. The van der Waals surface area contributed by atoms with Gasteiger partial charge in [0.05, 0.1) is 35.1 Å². The van der Waals surface area contributed by atoms with Crippen molar-refractivity contribution in [3.8, 4) is 0 Å². The van der Waals surface area contributed by atoms with Crippen molar-refractivity contribution in [1.29, 1.82) is 0 Å². The van der Waals surface area contributed by atoms with Gasteiger partial charge in [0.25, 0.3) is 6.71 Å². The third kappa shape index (κ3) is 7.87. The highest BCUT2D eigenvalue weighted by atomic mass is 15.3. The van der Waals surface area contributed by atoms with Crippen molar-refractivity contribution in [3.63, 3.8) is 0 Å². The summed E-state index contributed by atoms with van der Waals surface area (Å²) in [7, 11) is 0. The molecule has 0 aliphatic carbocycles. The number of hydrogen-bond donors (Lipinski definition) is 0. The maximum absolute atomic E-state index is 5.86. The fourth-order valence-corrected chi connectivity index (χ4v) is 11.3. The fraction of sp³-hybridized carbons (Fsp3) is 0.119. The zero-order chi connectivity index (χ0) is 51.0. The van der Waals surface area contributed by atoms with E-state index in [1.54, 1.807) is 0 Å². The lowest BCUT2D eigenvalue weighted by Gasteiger charge is -2.43. The Morgan fingerprint density at radius 2 is 0.773 bits per heavy atom. The molecule has 0 amide bonds. The molecule has 5 heterocycles. The zero-order valence-electron chi connectivity index (χ0n) is 43.1. The molecule has 0 bridgehead atoms. The van der Waals surface area contributed by atoms with Crippen molar-refractivity contribution in [2.24, 2.45) is 0 Å². The van der Waals surface area contributed by atoms with Gasteiger partial charge in [-0.05, 0) is 122 Å². The van der Waals surface area contributed by atoms with E-state index in [0.717, 1.165) is 107 Å². The first-order chi connectivity index (χ1) is 36.5. The summed E-state index contributed by atoms with van der Waals surface area (Å²) in [5.41, 5.74) is 13.9. The molecule has 0 atom stereocenters. The second-order valence-electron chi connectivity index (χ2n) is 21.8. The van der Waals surface area contributed by atoms with E-state index >= 15 is 0 Å². The van der Waals surface area contributed by atoms with Crippen LogP contribution in [-0.2, 0) is 10.8 Å². The maximum Gasteiger partial charge on any atom is 0.256 e. The monoisotopic (exact) mass is 969 g/mol. The summed E-state index contributed by atoms with van der Waals surface area (Å²) >= 11 is 0. The van der Waals surface area contributed by atoms with E-state index in [9.17, 15) is 0 Å². The van der Waals surface area contributed by atoms with E-state index in [1.807, 2.05) is 12.4 Å². The molecule has 2 aliphatic rings. The van der Waals surface area contributed by atoms with Crippen LogP contribution < -0.4 is 36.0 Å². The van der Waals surface area contributed by atoms with Crippen LogP contribution in [0.2, 0.25) is 0 Å². The van der Waals surface area contributed by atoms with Gasteiger partial charge in [-0.2, -0.15) is 0 Å². The summed E-state index contributed by atoms with van der Waals surface area (Å²) in [4.78, 5) is 26.1. The molecule has 0 fully saturated rings. The van der Waals surface area contributed by atoms with Crippen LogP contribution in [0.3, 0.4) is 0 Å². The van der Waals surface area contributed by atoms with Gasteiger partial charge >= 0.3 is 0 Å². The van der Waals surface area contributed by atoms with Crippen molar-refractivity contribution in [3.05, 3.63) is 242 Å². The molecule has 7 nitrogen and oxygen atoms in total. The maximum atomic E-state index is 5.86. The topological polar surface area (TPSA) is 51.6 Å². The van der Waals surface area contributed by atoms with Crippen LogP contribution in [0.5, 0.6) is 0 Å². The summed E-state index contributed by atoms with van der Waals surface area (Å²) < 4.78 is 0.